The highest BCUT2D eigenvalue weighted by atomic mass is 16.8. The highest BCUT2D eigenvalue weighted by Crippen LogP contribution is 2.34. The van der Waals surface area contributed by atoms with Gasteiger partial charge >= 0.3 is 5.97 Å². The predicted molar refractivity (Wildman–Crippen MR) is 121 cm³/mol. The molecule has 1 aromatic carbocycles. The minimum Gasteiger partial charge on any atom is -0.497 e. The molecule has 0 N–H and O–H groups in total. The normalized spacial score (nSPS) is 29.3. The topological polar surface area (TPSA) is 89.5 Å². The number of methoxy groups -OCH3 is 2. The number of hydrogen-bond donors (Lipinski definition) is 0. The number of hydrogen-bond acceptors (Lipinski definition) is 8. The predicted octanol–water partition coefficient (Wildman–Crippen LogP) is 3.92. The third kappa shape index (κ3) is 6.01. The summed E-state index contributed by atoms with van der Waals surface area (Å²) in [6.45, 7) is 7.17. The molecule has 0 aromatic heterocycles. The number of rotatable bonds is 4. The summed E-state index contributed by atoms with van der Waals surface area (Å²) in [5.74, 6) is -1.01. The maximum atomic E-state index is 13.2. The van der Waals surface area contributed by atoms with Gasteiger partial charge in [0.2, 0.25) is 0 Å². The molecule has 0 aliphatic carbocycles. The average molecular weight is 461 g/mol. The third-order valence-corrected chi connectivity index (χ3v) is 5.61. The molecule has 8 nitrogen and oxygen atoms in total. The van der Waals surface area contributed by atoms with E-state index >= 15 is 0 Å². The molecule has 2 heterocycles. The van der Waals surface area contributed by atoms with Gasteiger partial charge in [0.15, 0.2) is 18.4 Å². The van der Waals surface area contributed by atoms with Crippen LogP contribution in [0.15, 0.2) is 30.4 Å². The van der Waals surface area contributed by atoms with Gasteiger partial charge in [-0.1, -0.05) is 25.2 Å². The molecule has 2 aliphatic heterocycles. The minimum absolute atomic E-state index is 0.0442. The molecule has 0 saturated carbocycles. The van der Waals surface area contributed by atoms with E-state index in [0.29, 0.717) is 17.7 Å². The van der Waals surface area contributed by atoms with Gasteiger partial charge in [0, 0.05) is 19.1 Å². The van der Waals surface area contributed by atoms with Crippen LogP contribution in [0.1, 0.15) is 50.0 Å². The fourth-order valence-electron chi connectivity index (χ4n) is 3.73. The van der Waals surface area contributed by atoms with Crippen LogP contribution in [-0.4, -0.2) is 56.9 Å². The lowest BCUT2D eigenvalue weighted by Crippen LogP contribution is -2.30. The number of carbonyl (C=O) groups excluding carboxylic acids is 2. The summed E-state index contributed by atoms with van der Waals surface area (Å²) >= 11 is 0. The lowest BCUT2D eigenvalue weighted by atomic mass is 9.99. The van der Waals surface area contributed by atoms with Crippen molar-refractivity contribution in [2.24, 2.45) is 5.92 Å². The van der Waals surface area contributed by atoms with Crippen LogP contribution in [0.4, 0.5) is 0 Å². The molecule has 0 amide bonds. The summed E-state index contributed by atoms with van der Waals surface area (Å²) in [6.07, 6.45) is 5.54. The van der Waals surface area contributed by atoms with E-state index in [-0.39, 0.29) is 29.8 Å². The summed E-state index contributed by atoms with van der Waals surface area (Å²) in [5, 5.41) is 0. The van der Waals surface area contributed by atoms with E-state index in [1.807, 2.05) is 13.0 Å². The van der Waals surface area contributed by atoms with Crippen LogP contribution >= 0.6 is 0 Å². The second kappa shape index (κ2) is 10.5. The van der Waals surface area contributed by atoms with Crippen molar-refractivity contribution in [2.75, 3.05) is 21.0 Å². The van der Waals surface area contributed by atoms with Crippen molar-refractivity contribution in [3.63, 3.8) is 0 Å². The molecule has 33 heavy (non-hydrogen) atoms. The first kappa shape index (κ1) is 25.0. The molecule has 3 rings (SSSR count). The zero-order valence-corrected chi connectivity index (χ0v) is 20.0. The molecule has 2 unspecified atom stereocenters. The maximum Gasteiger partial charge on any atom is 0.342 e. The first-order valence-corrected chi connectivity index (χ1v) is 10.9. The molecule has 180 valence electrons. The van der Waals surface area contributed by atoms with Crippen LogP contribution in [0.5, 0.6) is 11.5 Å². The smallest absolute Gasteiger partial charge is 0.342 e. The van der Waals surface area contributed by atoms with Crippen molar-refractivity contribution in [1.29, 1.82) is 0 Å². The van der Waals surface area contributed by atoms with Crippen LogP contribution < -0.4 is 9.47 Å². The van der Waals surface area contributed by atoms with Crippen LogP contribution in [0.2, 0.25) is 0 Å². The van der Waals surface area contributed by atoms with Gasteiger partial charge in [0.05, 0.1) is 13.2 Å². The Morgan fingerprint density at radius 2 is 1.85 bits per heavy atom. The van der Waals surface area contributed by atoms with Gasteiger partial charge in [-0.15, -0.1) is 0 Å². The number of ketones is 1. The Hall–Kier alpha value is -2.68. The number of esters is 1. The molecule has 0 spiro atoms. The van der Waals surface area contributed by atoms with E-state index in [4.69, 9.17) is 28.4 Å². The van der Waals surface area contributed by atoms with Crippen molar-refractivity contribution >= 4 is 17.8 Å². The van der Waals surface area contributed by atoms with Crippen molar-refractivity contribution in [3.05, 3.63) is 41.5 Å². The van der Waals surface area contributed by atoms with Gasteiger partial charge in [0.1, 0.15) is 29.3 Å². The van der Waals surface area contributed by atoms with Crippen LogP contribution in [-0.2, 0) is 23.7 Å². The Labute approximate surface area is 194 Å². The van der Waals surface area contributed by atoms with Crippen molar-refractivity contribution in [3.8, 4) is 11.5 Å². The lowest BCUT2D eigenvalue weighted by Gasteiger charge is -2.21. The van der Waals surface area contributed by atoms with Crippen LogP contribution in [0.25, 0.3) is 6.08 Å². The van der Waals surface area contributed by atoms with Gasteiger partial charge < -0.3 is 28.4 Å². The van der Waals surface area contributed by atoms with Crippen molar-refractivity contribution < 1.29 is 38.0 Å². The first-order valence-electron chi connectivity index (χ1n) is 10.9. The van der Waals surface area contributed by atoms with Gasteiger partial charge in [-0.3, -0.25) is 4.79 Å². The fourth-order valence-corrected chi connectivity index (χ4v) is 3.73. The molecule has 8 heteroatoms. The van der Waals surface area contributed by atoms with Crippen LogP contribution in [0, 0.1) is 5.92 Å². The molecule has 4 atom stereocenters. The number of cyclic esters (lactones) is 1. The minimum atomic E-state index is -0.874. The monoisotopic (exact) mass is 460 g/mol. The van der Waals surface area contributed by atoms with E-state index in [1.54, 1.807) is 45.1 Å². The molecule has 1 saturated heterocycles. The first-order chi connectivity index (χ1) is 15.6. The number of fused-ring (bicyclic) bond motifs is 2. The lowest BCUT2D eigenvalue weighted by molar-refractivity contribution is -0.152. The molecule has 0 bridgehead atoms. The Balaban J connectivity index is 2.07. The van der Waals surface area contributed by atoms with E-state index < -0.39 is 30.1 Å². The van der Waals surface area contributed by atoms with E-state index in [0.717, 1.165) is 0 Å². The average Bonchev–Trinajstić information content (AvgIpc) is 3.08. The number of ether oxygens (including phenoxy) is 6. The molecule has 1 aromatic rings. The van der Waals surface area contributed by atoms with Crippen LogP contribution in [0.3, 0.4) is 0 Å². The number of benzene rings is 1. The molecule has 0 radical (unpaired) electrons. The van der Waals surface area contributed by atoms with Gasteiger partial charge in [-0.2, -0.15) is 0 Å². The Bertz CT molecular complexity index is 933. The van der Waals surface area contributed by atoms with E-state index in [1.165, 1.54) is 20.3 Å². The quantitative estimate of drug-likeness (QED) is 0.493. The van der Waals surface area contributed by atoms with Gasteiger partial charge in [-0.05, 0) is 44.9 Å². The van der Waals surface area contributed by atoms with E-state index in [9.17, 15) is 9.59 Å². The zero-order chi connectivity index (χ0) is 24.2. The highest BCUT2D eigenvalue weighted by molar-refractivity contribution is 5.97. The van der Waals surface area contributed by atoms with Gasteiger partial charge in [-0.25, -0.2) is 4.79 Å². The van der Waals surface area contributed by atoms with Gasteiger partial charge in [0.25, 0.3) is 0 Å². The maximum absolute atomic E-state index is 13.2. The summed E-state index contributed by atoms with van der Waals surface area (Å²) < 4.78 is 33.7. The second-order valence-electron chi connectivity index (χ2n) is 8.60. The molecule has 1 fully saturated rings. The summed E-state index contributed by atoms with van der Waals surface area (Å²) in [7, 11) is 3.03. The molecular formula is C25H32O8. The standard InChI is InChI=1S/C25H32O8/c1-15-10-11-19(26)23-20(32-25(3,4)33-23)9-7-8-17-12-18(29-6)13-21(30-14-28-5)22(17)24(27)31-16(15)2/h7-8,10-13,15-16,20,23H,9,14H2,1-6H3/b8-7+,11-10-/t15-,16+,20?,23?/m1/s1. The summed E-state index contributed by atoms with van der Waals surface area (Å²) in [5.41, 5.74) is 0.819. The SMILES string of the molecule is COCOc1cc(OC)cc2c1C(=O)O[C@@H](C)[C@H](C)/C=C\C(=O)C1OC(C)(C)OC1C/C=C/2. The summed E-state index contributed by atoms with van der Waals surface area (Å²) in [4.78, 5) is 26.0. The number of carbonyl (C=O) groups is 2. The van der Waals surface area contributed by atoms with Crippen molar-refractivity contribution in [1.82, 2.24) is 0 Å². The van der Waals surface area contributed by atoms with Crippen molar-refractivity contribution in [2.45, 2.75) is 58.2 Å². The Morgan fingerprint density at radius 1 is 1.09 bits per heavy atom. The molecule has 2 aliphatic rings. The van der Waals surface area contributed by atoms with E-state index in [2.05, 4.69) is 0 Å². The fraction of sp³-hybridized carbons (Fsp3) is 0.520. The second-order valence-corrected chi connectivity index (χ2v) is 8.60. The molecular weight excluding hydrogens is 428 g/mol. The largest absolute Gasteiger partial charge is 0.497 e. The zero-order valence-electron chi connectivity index (χ0n) is 20.0. The highest BCUT2D eigenvalue weighted by Gasteiger charge is 2.43. The Morgan fingerprint density at radius 3 is 2.55 bits per heavy atom. The third-order valence-electron chi connectivity index (χ3n) is 5.61. The Kier molecular flexibility index (Phi) is 7.94. The summed E-state index contributed by atoms with van der Waals surface area (Å²) in [6, 6.07) is 3.35.